The summed E-state index contributed by atoms with van der Waals surface area (Å²) in [4.78, 5) is 12.0. The lowest BCUT2D eigenvalue weighted by molar-refractivity contribution is -0.123. The standard InChI is InChI=1S/C13H20N4O/c18-12(15-7-9-17-8-1-4-16-17)11-10-13(11)2-5-14-6-3-13/h1,4,8,11,14H,2-3,5-7,9-10H2,(H,15,18). The Labute approximate surface area is 107 Å². The number of hydrogen-bond acceptors (Lipinski definition) is 3. The molecule has 1 saturated heterocycles. The van der Waals surface area contributed by atoms with E-state index in [1.807, 2.05) is 16.9 Å². The van der Waals surface area contributed by atoms with E-state index < -0.39 is 0 Å². The van der Waals surface area contributed by atoms with E-state index in [-0.39, 0.29) is 11.8 Å². The zero-order valence-corrected chi connectivity index (χ0v) is 10.6. The lowest BCUT2D eigenvalue weighted by Gasteiger charge is -2.23. The molecule has 1 spiro atoms. The van der Waals surface area contributed by atoms with Gasteiger partial charge in [-0.1, -0.05) is 0 Å². The fraction of sp³-hybridized carbons (Fsp3) is 0.692. The van der Waals surface area contributed by atoms with Crippen LogP contribution in [0.2, 0.25) is 0 Å². The SMILES string of the molecule is O=C(NCCn1cccn1)C1CC12CCNCC2. The summed E-state index contributed by atoms with van der Waals surface area (Å²) in [6.45, 7) is 3.56. The van der Waals surface area contributed by atoms with Crippen molar-refractivity contribution in [2.24, 2.45) is 11.3 Å². The fourth-order valence-corrected chi connectivity index (χ4v) is 3.05. The Bertz CT molecular complexity index is 409. The van der Waals surface area contributed by atoms with Gasteiger partial charge in [-0.2, -0.15) is 5.10 Å². The average molecular weight is 248 g/mol. The molecule has 0 radical (unpaired) electrons. The number of rotatable bonds is 4. The number of carbonyl (C=O) groups is 1. The first-order chi connectivity index (χ1) is 8.80. The van der Waals surface area contributed by atoms with Crippen LogP contribution in [0.25, 0.3) is 0 Å². The number of nitrogens with one attached hydrogen (secondary N) is 2. The van der Waals surface area contributed by atoms with Gasteiger partial charge in [0, 0.05) is 24.9 Å². The summed E-state index contributed by atoms with van der Waals surface area (Å²) in [6.07, 6.45) is 7.07. The highest BCUT2D eigenvalue weighted by Gasteiger charge is 2.57. The monoisotopic (exact) mass is 248 g/mol. The molecule has 1 aliphatic carbocycles. The van der Waals surface area contributed by atoms with Crippen LogP contribution < -0.4 is 10.6 Å². The summed E-state index contributed by atoms with van der Waals surface area (Å²) >= 11 is 0. The van der Waals surface area contributed by atoms with Gasteiger partial charge in [-0.05, 0) is 43.8 Å². The van der Waals surface area contributed by atoms with Gasteiger partial charge in [-0.25, -0.2) is 0 Å². The number of nitrogens with zero attached hydrogens (tertiary/aromatic N) is 2. The average Bonchev–Trinajstić information content (AvgIpc) is 2.85. The maximum atomic E-state index is 12.0. The predicted molar refractivity (Wildman–Crippen MR) is 67.9 cm³/mol. The maximum Gasteiger partial charge on any atom is 0.223 e. The van der Waals surface area contributed by atoms with Crippen molar-refractivity contribution in [3.8, 4) is 0 Å². The van der Waals surface area contributed by atoms with E-state index >= 15 is 0 Å². The summed E-state index contributed by atoms with van der Waals surface area (Å²) in [5, 5.41) is 10.5. The minimum atomic E-state index is 0.240. The third-order valence-electron chi connectivity index (χ3n) is 4.30. The summed E-state index contributed by atoms with van der Waals surface area (Å²) in [6, 6.07) is 1.90. The van der Waals surface area contributed by atoms with Crippen LogP contribution in [0, 0.1) is 11.3 Å². The second-order valence-corrected chi connectivity index (χ2v) is 5.43. The molecule has 1 aliphatic heterocycles. The van der Waals surface area contributed by atoms with Crippen molar-refractivity contribution in [2.45, 2.75) is 25.8 Å². The lowest BCUT2D eigenvalue weighted by atomic mass is 9.92. The molecule has 5 nitrogen and oxygen atoms in total. The molecule has 1 amide bonds. The Balaban J connectivity index is 1.43. The van der Waals surface area contributed by atoms with Gasteiger partial charge in [-0.15, -0.1) is 0 Å². The summed E-state index contributed by atoms with van der Waals surface area (Å²) in [5.41, 5.74) is 0.334. The Morgan fingerprint density at radius 2 is 2.33 bits per heavy atom. The second kappa shape index (κ2) is 4.72. The van der Waals surface area contributed by atoms with Gasteiger partial charge in [0.2, 0.25) is 5.91 Å². The van der Waals surface area contributed by atoms with Crippen LogP contribution in [-0.2, 0) is 11.3 Å². The Morgan fingerprint density at radius 1 is 1.50 bits per heavy atom. The smallest absolute Gasteiger partial charge is 0.223 e. The zero-order valence-electron chi connectivity index (χ0n) is 10.6. The van der Waals surface area contributed by atoms with Crippen molar-refractivity contribution < 1.29 is 4.79 Å². The van der Waals surface area contributed by atoms with Crippen molar-refractivity contribution >= 4 is 5.91 Å². The highest BCUT2D eigenvalue weighted by atomic mass is 16.2. The van der Waals surface area contributed by atoms with Gasteiger partial charge in [0.05, 0.1) is 6.54 Å². The van der Waals surface area contributed by atoms with Crippen molar-refractivity contribution in [3.05, 3.63) is 18.5 Å². The first-order valence-electron chi connectivity index (χ1n) is 6.76. The van der Waals surface area contributed by atoms with Crippen molar-refractivity contribution in [3.63, 3.8) is 0 Å². The van der Waals surface area contributed by atoms with Crippen LogP contribution in [0.4, 0.5) is 0 Å². The minimum Gasteiger partial charge on any atom is -0.354 e. The van der Waals surface area contributed by atoms with E-state index in [2.05, 4.69) is 15.7 Å². The van der Waals surface area contributed by atoms with E-state index in [1.54, 1.807) is 6.20 Å². The Kier molecular flexibility index (Phi) is 3.07. The van der Waals surface area contributed by atoms with Gasteiger partial charge in [0.15, 0.2) is 0 Å². The van der Waals surface area contributed by atoms with Crippen LogP contribution in [0.1, 0.15) is 19.3 Å². The van der Waals surface area contributed by atoms with Crippen molar-refractivity contribution in [2.75, 3.05) is 19.6 Å². The maximum absolute atomic E-state index is 12.0. The van der Waals surface area contributed by atoms with Crippen molar-refractivity contribution in [1.29, 1.82) is 0 Å². The molecule has 0 bridgehead atoms. The predicted octanol–water partition coefficient (Wildman–Crippen LogP) is 0.389. The van der Waals surface area contributed by atoms with Crippen LogP contribution >= 0.6 is 0 Å². The fourth-order valence-electron chi connectivity index (χ4n) is 3.05. The molecular weight excluding hydrogens is 228 g/mol. The molecule has 2 N–H and O–H groups in total. The number of aromatic nitrogens is 2. The minimum absolute atomic E-state index is 0.240. The molecule has 98 valence electrons. The van der Waals surface area contributed by atoms with Gasteiger partial charge in [0.1, 0.15) is 0 Å². The zero-order chi connectivity index (χ0) is 12.4. The number of amides is 1. The third-order valence-corrected chi connectivity index (χ3v) is 4.30. The molecule has 18 heavy (non-hydrogen) atoms. The molecule has 5 heteroatoms. The van der Waals surface area contributed by atoms with E-state index in [0.29, 0.717) is 12.0 Å². The lowest BCUT2D eigenvalue weighted by Crippen LogP contribution is -2.34. The third kappa shape index (κ3) is 2.27. The van der Waals surface area contributed by atoms with E-state index in [4.69, 9.17) is 0 Å². The summed E-state index contributed by atoms with van der Waals surface area (Å²) in [7, 11) is 0. The van der Waals surface area contributed by atoms with Crippen molar-refractivity contribution in [1.82, 2.24) is 20.4 Å². The van der Waals surface area contributed by atoms with Gasteiger partial charge in [-0.3, -0.25) is 9.48 Å². The molecule has 0 aromatic carbocycles. The van der Waals surface area contributed by atoms with E-state index in [0.717, 1.165) is 38.9 Å². The molecule has 2 aliphatic rings. The normalized spacial score (nSPS) is 25.0. The Hall–Kier alpha value is -1.36. The molecule has 1 unspecified atom stereocenters. The molecular formula is C13H20N4O. The van der Waals surface area contributed by atoms with E-state index in [9.17, 15) is 4.79 Å². The molecule has 2 heterocycles. The van der Waals surface area contributed by atoms with Gasteiger partial charge in [0.25, 0.3) is 0 Å². The van der Waals surface area contributed by atoms with Crippen LogP contribution in [0.15, 0.2) is 18.5 Å². The number of carbonyl (C=O) groups excluding carboxylic acids is 1. The number of hydrogen-bond donors (Lipinski definition) is 2. The summed E-state index contributed by atoms with van der Waals surface area (Å²) in [5.74, 6) is 0.501. The molecule has 1 aromatic heterocycles. The highest BCUT2D eigenvalue weighted by Crippen LogP contribution is 2.58. The summed E-state index contributed by atoms with van der Waals surface area (Å²) < 4.78 is 1.84. The first kappa shape index (κ1) is 11.7. The van der Waals surface area contributed by atoms with Crippen LogP contribution in [0.3, 0.4) is 0 Å². The second-order valence-electron chi connectivity index (χ2n) is 5.43. The molecule has 1 aromatic rings. The van der Waals surface area contributed by atoms with Gasteiger partial charge >= 0.3 is 0 Å². The van der Waals surface area contributed by atoms with E-state index in [1.165, 1.54) is 0 Å². The Morgan fingerprint density at radius 3 is 3.06 bits per heavy atom. The first-order valence-corrected chi connectivity index (χ1v) is 6.76. The number of piperidine rings is 1. The quantitative estimate of drug-likeness (QED) is 0.810. The molecule has 1 saturated carbocycles. The van der Waals surface area contributed by atoms with Crippen LogP contribution in [0.5, 0.6) is 0 Å². The highest BCUT2D eigenvalue weighted by molar-refractivity contribution is 5.82. The molecule has 2 fully saturated rings. The van der Waals surface area contributed by atoms with Gasteiger partial charge < -0.3 is 10.6 Å². The molecule has 1 atom stereocenters. The largest absolute Gasteiger partial charge is 0.354 e. The molecule has 3 rings (SSSR count). The van der Waals surface area contributed by atoms with Crippen LogP contribution in [-0.4, -0.2) is 35.3 Å². The topological polar surface area (TPSA) is 59.0 Å².